The van der Waals surface area contributed by atoms with Crippen molar-refractivity contribution in [2.75, 3.05) is 5.32 Å². The Hall–Kier alpha value is -1.36. The number of benzene rings is 2. The van der Waals surface area contributed by atoms with Crippen molar-refractivity contribution in [1.29, 1.82) is 0 Å². The molecular formula is C16H12BrClN2S. The van der Waals surface area contributed by atoms with Crippen molar-refractivity contribution in [3.63, 3.8) is 0 Å². The maximum absolute atomic E-state index is 5.99. The summed E-state index contributed by atoms with van der Waals surface area (Å²) < 4.78 is 0.919. The first-order chi connectivity index (χ1) is 10.2. The zero-order chi connectivity index (χ0) is 14.7. The quantitative estimate of drug-likeness (QED) is 0.616. The van der Waals surface area contributed by atoms with E-state index in [1.807, 2.05) is 29.8 Å². The average Bonchev–Trinajstić information content (AvgIpc) is 3.03. The highest BCUT2D eigenvalue weighted by atomic mass is 79.9. The van der Waals surface area contributed by atoms with Crippen molar-refractivity contribution in [2.24, 2.45) is 0 Å². The molecule has 3 rings (SSSR count). The number of halogens is 2. The molecule has 0 aliphatic carbocycles. The Morgan fingerprint density at radius 3 is 2.62 bits per heavy atom. The first-order valence-electron chi connectivity index (χ1n) is 6.40. The van der Waals surface area contributed by atoms with Gasteiger partial charge in [0, 0.05) is 33.8 Å². The number of aromatic nitrogens is 1. The number of rotatable bonds is 4. The van der Waals surface area contributed by atoms with Crippen LogP contribution < -0.4 is 5.32 Å². The first-order valence-corrected chi connectivity index (χ1v) is 8.45. The molecule has 1 aromatic heterocycles. The molecule has 0 aliphatic rings. The van der Waals surface area contributed by atoms with Crippen LogP contribution in [0.5, 0.6) is 0 Å². The molecule has 0 unspecified atom stereocenters. The van der Waals surface area contributed by atoms with Crippen LogP contribution in [0.3, 0.4) is 0 Å². The maximum Gasteiger partial charge on any atom is 0.123 e. The molecule has 0 amide bonds. The van der Waals surface area contributed by atoms with Gasteiger partial charge in [0.25, 0.3) is 0 Å². The Balaban J connectivity index is 1.66. The van der Waals surface area contributed by atoms with Crippen molar-refractivity contribution < 1.29 is 0 Å². The van der Waals surface area contributed by atoms with Crippen LogP contribution in [-0.2, 0) is 6.54 Å². The lowest BCUT2D eigenvalue weighted by molar-refractivity contribution is 1.15. The monoisotopic (exact) mass is 378 g/mol. The lowest BCUT2D eigenvalue weighted by atomic mass is 10.2. The third-order valence-electron chi connectivity index (χ3n) is 3.04. The van der Waals surface area contributed by atoms with Gasteiger partial charge in [0.2, 0.25) is 0 Å². The fourth-order valence-electron chi connectivity index (χ4n) is 1.95. The summed E-state index contributed by atoms with van der Waals surface area (Å²) in [4.78, 5) is 4.31. The maximum atomic E-state index is 5.99. The summed E-state index contributed by atoms with van der Waals surface area (Å²) in [6.45, 7) is 0.756. The lowest BCUT2D eigenvalue weighted by Gasteiger charge is -2.08. The number of thiazole rings is 1. The Morgan fingerprint density at radius 2 is 1.95 bits per heavy atom. The predicted molar refractivity (Wildman–Crippen MR) is 94.0 cm³/mol. The van der Waals surface area contributed by atoms with Gasteiger partial charge in [-0.25, -0.2) is 4.98 Å². The second kappa shape index (κ2) is 6.60. The number of nitrogens with one attached hydrogen (secondary N) is 1. The van der Waals surface area contributed by atoms with Gasteiger partial charge in [-0.2, -0.15) is 0 Å². The van der Waals surface area contributed by atoms with Crippen LogP contribution in [0.2, 0.25) is 5.02 Å². The SMILES string of the molecule is Clc1ccc(CNc2ccc(-c3nccs3)cc2)cc1Br. The second-order valence-electron chi connectivity index (χ2n) is 4.52. The van der Waals surface area contributed by atoms with Crippen molar-refractivity contribution >= 4 is 44.6 Å². The molecule has 3 aromatic rings. The minimum Gasteiger partial charge on any atom is -0.381 e. The topological polar surface area (TPSA) is 24.9 Å². The van der Waals surface area contributed by atoms with E-state index < -0.39 is 0 Å². The molecule has 0 bridgehead atoms. The van der Waals surface area contributed by atoms with Crippen LogP contribution in [0, 0.1) is 0 Å². The third-order valence-corrected chi connectivity index (χ3v) is 5.08. The molecular weight excluding hydrogens is 368 g/mol. The van der Waals surface area contributed by atoms with E-state index >= 15 is 0 Å². The van der Waals surface area contributed by atoms with E-state index in [2.05, 4.69) is 50.5 Å². The van der Waals surface area contributed by atoms with Gasteiger partial charge in [-0.15, -0.1) is 11.3 Å². The van der Waals surface area contributed by atoms with E-state index in [0.717, 1.165) is 32.3 Å². The van der Waals surface area contributed by atoms with Crippen molar-refractivity contribution in [2.45, 2.75) is 6.54 Å². The van der Waals surface area contributed by atoms with Gasteiger partial charge >= 0.3 is 0 Å². The number of hydrogen-bond acceptors (Lipinski definition) is 3. The van der Waals surface area contributed by atoms with E-state index in [4.69, 9.17) is 11.6 Å². The molecule has 21 heavy (non-hydrogen) atoms. The third kappa shape index (κ3) is 3.64. The highest BCUT2D eigenvalue weighted by molar-refractivity contribution is 9.10. The molecule has 0 saturated heterocycles. The normalized spacial score (nSPS) is 10.6. The van der Waals surface area contributed by atoms with Gasteiger partial charge in [-0.05, 0) is 57.9 Å². The molecule has 0 atom stereocenters. The van der Waals surface area contributed by atoms with Crippen molar-refractivity contribution in [3.8, 4) is 10.6 Å². The fourth-order valence-corrected chi connectivity index (χ4v) is 3.14. The molecule has 1 heterocycles. The number of nitrogens with zero attached hydrogens (tertiary/aromatic N) is 1. The predicted octanol–water partition coefficient (Wildman–Crippen LogP) is 5.84. The fraction of sp³-hybridized carbons (Fsp3) is 0.0625. The van der Waals surface area contributed by atoms with E-state index in [0.29, 0.717) is 0 Å². The van der Waals surface area contributed by atoms with Crippen LogP contribution in [0.4, 0.5) is 5.69 Å². The summed E-state index contributed by atoms with van der Waals surface area (Å²) in [7, 11) is 0. The van der Waals surface area contributed by atoms with E-state index in [-0.39, 0.29) is 0 Å². The van der Waals surface area contributed by atoms with Crippen molar-refractivity contribution in [1.82, 2.24) is 4.98 Å². The summed E-state index contributed by atoms with van der Waals surface area (Å²) in [5, 5.41) is 7.16. The molecule has 5 heteroatoms. The largest absolute Gasteiger partial charge is 0.381 e. The Morgan fingerprint density at radius 1 is 1.14 bits per heavy atom. The van der Waals surface area contributed by atoms with Gasteiger partial charge in [0.15, 0.2) is 0 Å². The second-order valence-corrected chi connectivity index (χ2v) is 6.67. The average molecular weight is 380 g/mol. The van der Waals surface area contributed by atoms with Gasteiger partial charge in [-0.3, -0.25) is 0 Å². The summed E-state index contributed by atoms with van der Waals surface area (Å²) in [5.74, 6) is 0. The smallest absolute Gasteiger partial charge is 0.123 e. The van der Waals surface area contributed by atoms with Crippen LogP contribution in [0.1, 0.15) is 5.56 Å². The standard InChI is InChI=1S/C16H12BrClN2S/c17-14-9-11(1-6-15(14)18)10-20-13-4-2-12(3-5-13)16-19-7-8-21-16/h1-9,20H,10H2. The number of hydrogen-bond donors (Lipinski definition) is 1. The molecule has 2 nitrogen and oxygen atoms in total. The summed E-state index contributed by atoms with van der Waals surface area (Å²) in [6, 6.07) is 14.2. The molecule has 0 fully saturated rings. The van der Waals surface area contributed by atoms with Crippen LogP contribution in [-0.4, -0.2) is 4.98 Å². The molecule has 2 aromatic carbocycles. The number of anilines is 1. The van der Waals surface area contributed by atoms with Crippen LogP contribution in [0.15, 0.2) is 58.5 Å². The summed E-state index contributed by atoms with van der Waals surface area (Å²) in [5.41, 5.74) is 3.40. The summed E-state index contributed by atoms with van der Waals surface area (Å²) in [6.07, 6.45) is 1.82. The molecule has 0 saturated carbocycles. The Labute approximate surface area is 140 Å². The first kappa shape index (κ1) is 14.6. The van der Waals surface area contributed by atoms with Gasteiger partial charge in [-0.1, -0.05) is 17.7 Å². The highest BCUT2D eigenvalue weighted by Gasteiger charge is 2.01. The Kier molecular flexibility index (Phi) is 4.58. The molecule has 106 valence electrons. The van der Waals surface area contributed by atoms with Gasteiger partial charge in [0.1, 0.15) is 5.01 Å². The minimum absolute atomic E-state index is 0.728. The molecule has 0 spiro atoms. The van der Waals surface area contributed by atoms with Gasteiger partial charge < -0.3 is 5.32 Å². The van der Waals surface area contributed by atoms with E-state index in [1.54, 1.807) is 11.3 Å². The van der Waals surface area contributed by atoms with Crippen LogP contribution >= 0.6 is 38.9 Å². The minimum atomic E-state index is 0.728. The van der Waals surface area contributed by atoms with Gasteiger partial charge in [0.05, 0.1) is 5.02 Å². The lowest BCUT2D eigenvalue weighted by Crippen LogP contribution is -1.99. The highest BCUT2D eigenvalue weighted by Crippen LogP contribution is 2.25. The molecule has 0 radical (unpaired) electrons. The van der Waals surface area contributed by atoms with Crippen molar-refractivity contribution in [3.05, 3.63) is 69.1 Å². The Bertz CT molecular complexity index is 727. The van der Waals surface area contributed by atoms with E-state index in [1.165, 1.54) is 5.56 Å². The zero-order valence-corrected chi connectivity index (χ0v) is 14.2. The van der Waals surface area contributed by atoms with E-state index in [9.17, 15) is 0 Å². The zero-order valence-electron chi connectivity index (χ0n) is 11.0. The van der Waals surface area contributed by atoms with Crippen LogP contribution in [0.25, 0.3) is 10.6 Å². The molecule has 1 N–H and O–H groups in total. The summed E-state index contributed by atoms with van der Waals surface area (Å²) >= 11 is 11.1. The molecule has 0 aliphatic heterocycles.